The second-order valence-corrected chi connectivity index (χ2v) is 6.32. The summed E-state index contributed by atoms with van der Waals surface area (Å²) in [6, 6.07) is 8.26. The van der Waals surface area contributed by atoms with Crippen LogP contribution in [0.25, 0.3) is 0 Å². The Hall–Kier alpha value is -1.06. The number of rotatable bonds is 7. The van der Waals surface area contributed by atoms with E-state index in [0.29, 0.717) is 5.41 Å². The van der Waals surface area contributed by atoms with Crippen molar-refractivity contribution < 1.29 is 4.74 Å². The molecule has 1 rings (SSSR count). The predicted molar refractivity (Wildman–Crippen MR) is 81.7 cm³/mol. The van der Waals surface area contributed by atoms with Gasteiger partial charge >= 0.3 is 0 Å². The van der Waals surface area contributed by atoms with Gasteiger partial charge in [-0.2, -0.15) is 0 Å². The van der Waals surface area contributed by atoms with Crippen molar-refractivity contribution in [3.63, 3.8) is 0 Å². The van der Waals surface area contributed by atoms with Crippen LogP contribution in [0.4, 0.5) is 0 Å². The minimum Gasteiger partial charge on any atom is -0.492 e. The minimum atomic E-state index is 0.335. The zero-order chi connectivity index (χ0) is 14.3. The molecule has 0 bridgehead atoms. The van der Waals surface area contributed by atoms with Crippen LogP contribution in [-0.2, 0) is 6.54 Å². The van der Waals surface area contributed by atoms with Crippen molar-refractivity contribution in [1.29, 1.82) is 0 Å². The lowest BCUT2D eigenvalue weighted by atomic mass is 9.96. The summed E-state index contributed by atoms with van der Waals surface area (Å²) in [6.07, 6.45) is 0. The molecule has 0 amide bonds. The zero-order valence-electron chi connectivity index (χ0n) is 13.0. The first-order valence-corrected chi connectivity index (χ1v) is 6.95. The molecule has 0 aliphatic carbocycles. The molecule has 0 aliphatic rings. The Kier molecular flexibility index (Phi) is 6.32. The molecule has 0 radical (unpaired) electrons. The van der Waals surface area contributed by atoms with E-state index in [9.17, 15) is 0 Å². The van der Waals surface area contributed by atoms with E-state index in [1.807, 2.05) is 19.2 Å². The first kappa shape index (κ1) is 16.0. The smallest absolute Gasteiger partial charge is 0.119 e. The summed E-state index contributed by atoms with van der Waals surface area (Å²) in [4.78, 5) is 2.32. The third kappa shape index (κ3) is 7.19. The summed E-state index contributed by atoms with van der Waals surface area (Å²) in [5, 5.41) is 3.15. The predicted octanol–water partition coefficient (Wildman–Crippen LogP) is 2.76. The molecule has 3 nitrogen and oxygen atoms in total. The fraction of sp³-hybridized carbons (Fsp3) is 0.625. The lowest BCUT2D eigenvalue weighted by Crippen LogP contribution is -2.32. The summed E-state index contributed by atoms with van der Waals surface area (Å²) in [5.74, 6) is 0.955. The molecule has 1 N–H and O–H groups in total. The van der Waals surface area contributed by atoms with E-state index in [2.05, 4.69) is 50.2 Å². The molecule has 0 aromatic heterocycles. The molecule has 0 saturated carbocycles. The first-order valence-electron chi connectivity index (χ1n) is 6.95. The maximum absolute atomic E-state index is 5.81. The average Bonchev–Trinajstić information content (AvgIpc) is 2.27. The normalized spacial score (nSPS) is 11.9. The highest BCUT2D eigenvalue weighted by Gasteiger charge is 2.13. The Morgan fingerprint density at radius 1 is 1.26 bits per heavy atom. The number of hydrogen-bond acceptors (Lipinski definition) is 3. The van der Waals surface area contributed by atoms with Crippen molar-refractivity contribution in [2.24, 2.45) is 5.41 Å². The molecule has 0 heterocycles. The van der Waals surface area contributed by atoms with Crippen molar-refractivity contribution in [2.75, 3.05) is 33.8 Å². The zero-order valence-corrected chi connectivity index (χ0v) is 13.0. The van der Waals surface area contributed by atoms with Crippen LogP contribution in [0.5, 0.6) is 5.75 Å². The SMILES string of the molecule is CNCc1cccc(OCCN(C)CC(C)(C)C)c1. The fourth-order valence-corrected chi connectivity index (χ4v) is 2.16. The van der Waals surface area contributed by atoms with Crippen LogP contribution in [0.2, 0.25) is 0 Å². The Bertz CT molecular complexity index is 371. The highest BCUT2D eigenvalue weighted by atomic mass is 16.5. The van der Waals surface area contributed by atoms with Gasteiger partial charge in [-0.15, -0.1) is 0 Å². The summed E-state index contributed by atoms with van der Waals surface area (Å²) < 4.78 is 5.81. The van der Waals surface area contributed by atoms with Crippen LogP contribution in [-0.4, -0.2) is 38.7 Å². The second kappa shape index (κ2) is 7.51. The van der Waals surface area contributed by atoms with Crippen molar-refractivity contribution >= 4 is 0 Å². The summed E-state index contributed by atoms with van der Waals surface area (Å²) >= 11 is 0. The van der Waals surface area contributed by atoms with Crippen LogP contribution in [0.15, 0.2) is 24.3 Å². The second-order valence-electron chi connectivity index (χ2n) is 6.32. The van der Waals surface area contributed by atoms with Gasteiger partial charge in [-0.05, 0) is 37.2 Å². The van der Waals surface area contributed by atoms with Gasteiger partial charge in [0.25, 0.3) is 0 Å². The van der Waals surface area contributed by atoms with Crippen LogP contribution in [0.3, 0.4) is 0 Å². The fourth-order valence-electron chi connectivity index (χ4n) is 2.16. The van der Waals surface area contributed by atoms with Crippen molar-refractivity contribution in [1.82, 2.24) is 10.2 Å². The molecular weight excluding hydrogens is 236 g/mol. The van der Waals surface area contributed by atoms with E-state index in [4.69, 9.17) is 4.74 Å². The van der Waals surface area contributed by atoms with Gasteiger partial charge in [0, 0.05) is 19.6 Å². The Morgan fingerprint density at radius 2 is 2.00 bits per heavy atom. The Balaban J connectivity index is 2.34. The highest BCUT2D eigenvalue weighted by Crippen LogP contribution is 2.15. The molecule has 1 aromatic carbocycles. The van der Waals surface area contributed by atoms with Gasteiger partial charge in [0.15, 0.2) is 0 Å². The molecule has 0 atom stereocenters. The van der Waals surface area contributed by atoms with Gasteiger partial charge in [-0.1, -0.05) is 32.9 Å². The van der Waals surface area contributed by atoms with Crippen molar-refractivity contribution in [3.8, 4) is 5.75 Å². The number of ether oxygens (including phenoxy) is 1. The van der Waals surface area contributed by atoms with Crippen molar-refractivity contribution in [3.05, 3.63) is 29.8 Å². The molecule has 0 saturated heterocycles. The maximum atomic E-state index is 5.81. The lowest BCUT2D eigenvalue weighted by molar-refractivity contribution is 0.188. The van der Waals surface area contributed by atoms with E-state index >= 15 is 0 Å². The summed E-state index contributed by atoms with van der Waals surface area (Å²) in [6.45, 7) is 10.4. The topological polar surface area (TPSA) is 24.5 Å². The molecule has 0 spiro atoms. The molecule has 0 aliphatic heterocycles. The Morgan fingerprint density at radius 3 is 2.63 bits per heavy atom. The summed E-state index contributed by atoms with van der Waals surface area (Å²) in [7, 11) is 4.10. The highest BCUT2D eigenvalue weighted by molar-refractivity contribution is 5.28. The number of likely N-dealkylation sites (N-methyl/N-ethyl adjacent to an activating group) is 1. The quantitative estimate of drug-likeness (QED) is 0.819. The number of nitrogens with zero attached hydrogens (tertiary/aromatic N) is 1. The van der Waals surface area contributed by atoms with E-state index < -0.39 is 0 Å². The largest absolute Gasteiger partial charge is 0.492 e. The molecule has 19 heavy (non-hydrogen) atoms. The number of benzene rings is 1. The molecule has 0 fully saturated rings. The molecule has 3 heteroatoms. The maximum Gasteiger partial charge on any atom is 0.119 e. The van der Waals surface area contributed by atoms with E-state index in [-0.39, 0.29) is 0 Å². The number of nitrogens with one attached hydrogen (secondary N) is 1. The number of hydrogen-bond donors (Lipinski definition) is 1. The first-order chi connectivity index (χ1) is 8.90. The minimum absolute atomic E-state index is 0.335. The average molecular weight is 264 g/mol. The van der Waals surface area contributed by atoms with Crippen LogP contribution >= 0.6 is 0 Å². The summed E-state index contributed by atoms with van der Waals surface area (Å²) in [5.41, 5.74) is 1.59. The molecule has 1 aromatic rings. The third-order valence-electron chi connectivity index (χ3n) is 2.77. The molecular formula is C16H28N2O. The lowest BCUT2D eigenvalue weighted by Gasteiger charge is -2.26. The van der Waals surface area contributed by atoms with E-state index in [0.717, 1.165) is 32.0 Å². The van der Waals surface area contributed by atoms with Crippen LogP contribution < -0.4 is 10.1 Å². The Labute approximate surface area is 118 Å². The van der Waals surface area contributed by atoms with Crippen molar-refractivity contribution in [2.45, 2.75) is 27.3 Å². The van der Waals surface area contributed by atoms with Gasteiger partial charge in [0.05, 0.1) is 0 Å². The molecule has 0 unspecified atom stereocenters. The van der Waals surface area contributed by atoms with E-state index in [1.165, 1.54) is 5.56 Å². The monoisotopic (exact) mass is 264 g/mol. The standard InChI is InChI=1S/C16H28N2O/c1-16(2,3)13-18(5)9-10-19-15-8-6-7-14(11-15)12-17-4/h6-8,11,17H,9-10,12-13H2,1-5H3. The third-order valence-corrected chi connectivity index (χ3v) is 2.77. The van der Waals surface area contributed by atoms with Crippen LogP contribution in [0, 0.1) is 5.41 Å². The van der Waals surface area contributed by atoms with E-state index in [1.54, 1.807) is 0 Å². The molecule has 108 valence electrons. The van der Waals surface area contributed by atoms with Gasteiger partial charge < -0.3 is 15.0 Å². The van der Waals surface area contributed by atoms with Gasteiger partial charge in [-0.3, -0.25) is 0 Å². The van der Waals surface area contributed by atoms with Gasteiger partial charge in [-0.25, -0.2) is 0 Å². The van der Waals surface area contributed by atoms with Gasteiger partial charge in [0.1, 0.15) is 12.4 Å². The van der Waals surface area contributed by atoms with Gasteiger partial charge in [0.2, 0.25) is 0 Å². The van der Waals surface area contributed by atoms with Crippen LogP contribution in [0.1, 0.15) is 26.3 Å².